The molecule has 0 aromatic rings. The Morgan fingerprint density at radius 1 is 1.40 bits per heavy atom. The van der Waals surface area contributed by atoms with Crippen molar-refractivity contribution in [3.63, 3.8) is 0 Å². The minimum Gasteiger partial charge on any atom is -0.348 e. The highest BCUT2D eigenvalue weighted by atomic mass is 32.2. The number of carbonyl (C=O) groups excluding carboxylic acids is 1. The summed E-state index contributed by atoms with van der Waals surface area (Å²) in [7, 11) is -0.117. The number of amides is 1. The Morgan fingerprint density at radius 2 is 1.80 bits per heavy atom. The third-order valence-corrected chi connectivity index (χ3v) is 1.66. The lowest BCUT2D eigenvalue weighted by Gasteiger charge is -2.07. The molecule has 0 aliphatic carbocycles. The van der Waals surface area contributed by atoms with Crippen LogP contribution in [0.2, 0.25) is 0 Å². The molecule has 0 N–H and O–H groups in total. The third kappa shape index (κ3) is 4.31. The topological polar surface area (TPSA) is 54.5 Å². The lowest BCUT2D eigenvalue weighted by Crippen LogP contribution is -2.28. The highest BCUT2D eigenvalue weighted by Crippen LogP contribution is 1.86. The first-order valence-corrected chi connectivity index (χ1v) is 4.77. The maximum Gasteiger partial charge on any atom is 0.237 e. The van der Waals surface area contributed by atoms with E-state index in [1.807, 2.05) is 0 Å². The molecular weight excluding hydrogens is 154 g/mol. The lowest BCUT2D eigenvalue weighted by molar-refractivity contribution is -0.125. The highest BCUT2D eigenvalue weighted by Gasteiger charge is 2.11. The van der Waals surface area contributed by atoms with Crippen molar-refractivity contribution in [2.45, 2.75) is 0 Å². The average molecular weight is 165 g/mol. The molecular formula is C5H11NO3S. The van der Waals surface area contributed by atoms with Crippen LogP contribution in [-0.2, 0) is 14.6 Å². The Balaban J connectivity index is 4.07. The third-order valence-electron chi connectivity index (χ3n) is 0.884. The second kappa shape index (κ2) is 3.01. The fourth-order valence-electron chi connectivity index (χ4n) is 0.353. The molecule has 5 heteroatoms. The van der Waals surface area contributed by atoms with Gasteiger partial charge in [-0.15, -0.1) is 0 Å². The van der Waals surface area contributed by atoms with Gasteiger partial charge in [-0.1, -0.05) is 0 Å². The van der Waals surface area contributed by atoms with Crippen molar-refractivity contribution in [1.29, 1.82) is 0 Å². The Bertz CT molecular complexity index is 217. The number of nitrogens with zero attached hydrogens (tertiary/aromatic N) is 1. The van der Waals surface area contributed by atoms with Gasteiger partial charge < -0.3 is 4.90 Å². The summed E-state index contributed by atoms with van der Waals surface area (Å²) in [5, 5.41) is 0. The fourth-order valence-corrected chi connectivity index (χ4v) is 1.06. The molecule has 0 aromatic carbocycles. The van der Waals surface area contributed by atoms with E-state index in [-0.39, 0.29) is 5.91 Å². The van der Waals surface area contributed by atoms with Crippen LogP contribution in [0.3, 0.4) is 0 Å². The van der Waals surface area contributed by atoms with Gasteiger partial charge >= 0.3 is 0 Å². The smallest absolute Gasteiger partial charge is 0.237 e. The molecule has 0 heterocycles. The van der Waals surface area contributed by atoms with E-state index in [0.717, 1.165) is 6.26 Å². The Labute approximate surface area is 60.7 Å². The van der Waals surface area contributed by atoms with Crippen molar-refractivity contribution in [3.05, 3.63) is 0 Å². The summed E-state index contributed by atoms with van der Waals surface area (Å²) < 4.78 is 21.0. The summed E-state index contributed by atoms with van der Waals surface area (Å²) >= 11 is 0. The van der Waals surface area contributed by atoms with Crippen LogP contribution in [0.4, 0.5) is 0 Å². The number of sulfone groups is 1. The largest absolute Gasteiger partial charge is 0.348 e. The summed E-state index contributed by atoms with van der Waals surface area (Å²) in [6.07, 6.45) is 1.04. The molecule has 10 heavy (non-hydrogen) atoms. The van der Waals surface area contributed by atoms with E-state index in [1.165, 1.54) is 19.0 Å². The van der Waals surface area contributed by atoms with E-state index >= 15 is 0 Å². The van der Waals surface area contributed by atoms with Crippen LogP contribution in [0.25, 0.3) is 0 Å². The van der Waals surface area contributed by atoms with Gasteiger partial charge in [0, 0.05) is 20.4 Å². The van der Waals surface area contributed by atoms with Crippen LogP contribution in [-0.4, -0.2) is 45.3 Å². The molecule has 0 saturated carbocycles. The Kier molecular flexibility index (Phi) is 2.83. The van der Waals surface area contributed by atoms with Crippen LogP contribution in [0.5, 0.6) is 0 Å². The number of hydrogen-bond acceptors (Lipinski definition) is 3. The average Bonchev–Trinajstić information content (AvgIpc) is 1.60. The van der Waals surface area contributed by atoms with E-state index in [0.29, 0.717) is 0 Å². The van der Waals surface area contributed by atoms with E-state index in [9.17, 15) is 13.2 Å². The maximum absolute atomic E-state index is 10.7. The molecule has 0 unspecified atom stereocenters. The van der Waals surface area contributed by atoms with Crippen molar-refractivity contribution in [3.8, 4) is 0 Å². The first kappa shape index (κ1) is 9.42. The minimum atomic E-state index is -3.16. The van der Waals surface area contributed by atoms with Gasteiger partial charge in [-0.05, 0) is 0 Å². The molecule has 1 amide bonds. The standard InChI is InChI=1S/C5H11NO3S/c1-6(2)5(7)4-10(3,8)9/h4H2,1-3H3. The van der Waals surface area contributed by atoms with Crippen LogP contribution in [0.1, 0.15) is 0 Å². The highest BCUT2D eigenvalue weighted by molar-refractivity contribution is 7.91. The molecule has 0 radical (unpaired) electrons. The van der Waals surface area contributed by atoms with Gasteiger partial charge in [0.05, 0.1) is 0 Å². The Hall–Kier alpha value is -0.580. The molecule has 0 aliphatic rings. The number of carbonyl (C=O) groups is 1. The lowest BCUT2D eigenvalue weighted by atomic mass is 10.6. The monoisotopic (exact) mass is 165 g/mol. The van der Waals surface area contributed by atoms with Crippen LogP contribution < -0.4 is 0 Å². The Morgan fingerprint density at radius 3 is 1.90 bits per heavy atom. The van der Waals surface area contributed by atoms with Crippen molar-refractivity contribution < 1.29 is 13.2 Å². The zero-order valence-electron chi connectivity index (χ0n) is 6.29. The molecule has 0 fully saturated rings. The summed E-state index contributed by atoms with van der Waals surface area (Å²) in [4.78, 5) is 12.0. The van der Waals surface area contributed by atoms with Gasteiger partial charge in [0.1, 0.15) is 5.75 Å². The normalized spacial score (nSPS) is 11.1. The summed E-state index contributed by atoms with van der Waals surface area (Å²) in [5.74, 6) is -0.789. The van der Waals surface area contributed by atoms with Gasteiger partial charge in [0.2, 0.25) is 5.91 Å². The molecule has 0 rings (SSSR count). The maximum atomic E-state index is 10.7. The predicted octanol–water partition coefficient (Wildman–Crippen LogP) is -0.881. The van der Waals surface area contributed by atoms with E-state index in [2.05, 4.69) is 0 Å². The van der Waals surface area contributed by atoms with E-state index in [4.69, 9.17) is 0 Å². The number of rotatable bonds is 2. The first-order valence-electron chi connectivity index (χ1n) is 2.71. The minimum absolute atomic E-state index is 0.387. The van der Waals surface area contributed by atoms with E-state index < -0.39 is 15.6 Å². The SMILES string of the molecule is CN(C)C(=O)CS(C)(=O)=O. The molecule has 0 aromatic heterocycles. The van der Waals surface area contributed by atoms with E-state index in [1.54, 1.807) is 0 Å². The van der Waals surface area contributed by atoms with Crippen molar-refractivity contribution >= 4 is 15.7 Å². The molecule has 0 spiro atoms. The molecule has 0 bridgehead atoms. The summed E-state index contributed by atoms with van der Waals surface area (Å²) in [6.45, 7) is 0. The van der Waals surface area contributed by atoms with Gasteiger partial charge in [0.25, 0.3) is 0 Å². The molecule has 0 saturated heterocycles. The van der Waals surface area contributed by atoms with Crippen LogP contribution in [0.15, 0.2) is 0 Å². The van der Waals surface area contributed by atoms with Crippen LogP contribution >= 0.6 is 0 Å². The fraction of sp³-hybridized carbons (Fsp3) is 0.800. The van der Waals surface area contributed by atoms with Gasteiger partial charge in [0.15, 0.2) is 9.84 Å². The van der Waals surface area contributed by atoms with Crippen LogP contribution in [0, 0.1) is 0 Å². The second-order valence-electron chi connectivity index (χ2n) is 2.36. The summed E-state index contributed by atoms with van der Waals surface area (Å²) in [6, 6.07) is 0. The zero-order valence-corrected chi connectivity index (χ0v) is 7.10. The number of hydrogen-bond donors (Lipinski definition) is 0. The first-order chi connectivity index (χ1) is 4.33. The van der Waals surface area contributed by atoms with Gasteiger partial charge in [-0.3, -0.25) is 4.79 Å². The quantitative estimate of drug-likeness (QED) is 0.534. The molecule has 0 atom stereocenters. The molecule has 0 aliphatic heterocycles. The zero-order chi connectivity index (χ0) is 8.36. The molecule has 4 nitrogen and oxygen atoms in total. The van der Waals surface area contributed by atoms with Crippen molar-refractivity contribution in [1.82, 2.24) is 4.90 Å². The summed E-state index contributed by atoms with van der Waals surface area (Å²) in [5.41, 5.74) is 0. The van der Waals surface area contributed by atoms with Gasteiger partial charge in [-0.2, -0.15) is 0 Å². The van der Waals surface area contributed by atoms with Crippen molar-refractivity contribution in [2.24, 2.45) is 0 Å². The predicted molar refractivity (Wildman–Crippen MR) is 38.4 cm³/mol. The van der Waals surface area contributed by atoms with Gasteiger partial charge in [-0.25, -0.2) is 8.42 Å². The molecule has 60 valence electrons. The second-order valence-corrected chi connectivity index (χ2v) is 4.50. The van der Waals surface area contributed by atoms with Crippen molar-refractivity contribution in [2.75, 3.05) is 26.1 Å².